The molecule has 1 fully saturated rings. The Kier molecular flexibility index (Phi) is 8.21. The number of amidine groups is 1. The van der Waals surface area contributed by atoms with Crippen molar-refractivity contribution in [2.24, 2.45) is 9.98 Å². The van der Waals surface area contributed by atoms with Crippen LogP contribution in [-0.2, 0) is 15.1 Å². The highest BCUT2D eigenvalue weighted by Crippen LogP contribution is 2.33. The molecule has 0 aliphatic carbocycles. The molecule has 2 aliphatic heterocycles. The number of hydrogen-bond acceptors (Lipinski definition) is 6. The van der Waals surface area contributed by atoms with Gasteiger partial charge in [0.1, 0.15) is 11.6 Å². The fourth-order valence-electron chi connectivity index (χ4n) is 4.41. The summed E-state index contributed by atoms with van der Waals surface area (Å²) in [4.78, 5) is 20.7. The zero-order valence-electron chi connectivity index (χ0n) is 20.5. The molecule has 1 saturated heterocycles. The van der Waals surface area contributed by atoms with E-state index in [0.717, 1.165) is 48.6 Å². The van der Waals surface area contributed by atoms with E-state index in [2.05, 4.69) is 39.9 Å². The molecule has 2 aromatic carbocycles. The van der Waals surface area contributed by atoms with Crippen molar-refractivity contribution < 1.29 is 14.3 Å². The molecule has 2 heterocycles. The molecule has 2 aliphatic rings. The third-order valence-corrected chi connectivity index (χ3v) is 6.76. The maximum absolute atomic E-state index is 11.4. The number of carbonyl (C=O) groups is 1. The summed E-state index contributed by atoms with van der Waals surface area (Å²) < 4.78 is 11.5. The molecule has 4 rings (SSSR count). The largest absolute Gasteiger partial charge is 0.446 e. The summed E-state index contributed by atoms with van der Waals surface area (Å²) in [7, 11) is 0. The number of ether oxygens (including phenoxy) is 2. The van der Waals surface area contributed by atoms with E-state index >= 15 is 0 Å². The van der Waals surface area contributed by atoms with Gasteiger partial charge in [0.2, 0.25) is 5.91 Å². The van der Waals surface area contributed by atoms with Crippen molar-refractivity contribution in [2.45, 2.75) is 56.7 Å². The van der Waals surface area contributed by atoms with E-state index in [4.69, 9.17) is 26.1 Å². The van der Waals surface area contributed by atoms with Crippen molar-refractivity contribution in [3.8, 4) is 5.75 Å². The van der Waals surface area contributed by atoms with E-state index in [1.165, 1.54) is 13.3 Å². The average Bonchev–Trinajstić information content (AvgIpc) is 2.85. The Bertz CT molecular complexity index is 1060. The number of benzene rings is 2. The second-order valence-electron chi connectivity index (χ2n) is 9.46. The number of nitrogens with zero attached hydrogens (tertiary/aromatic N) is 2. The van der Waals surface area contributed by atoms with Crippen molar-refractivity contribution in [1.82, 2.24) is 10.6 Å². The highest BCUT2D eigenvalue weighted by Gasteiger charge is 2.26. The molecule has 35 heavy (non-hydrogen) atoms. The Morgan fingerprint density at radius 2 is 1.91 bits per heavy atom. The summed E-state index contributed by atoms with van der Waals surface area (Å²) in [6, 6.07) is 15.8. The molecule has 3 atom stereocenters. The van der Waals surface area contributed by atoms with Gasteiger partial charge in [0.25, 0.3) is 0 Å². The van der Waals surface area contributed by atoms with Crippen molar-refractivity contribution >= 4 is 29.7 Å². The van der Waals surface area contributed by atoms with Gasteiger partial charge in [0.15, 0.2) is 6.40 Å². The Labute approximate surface area is 212 Å². The number of halogens is 1. The number of alkyl halides is 1. The summed E-state index contributed by atoms with van der Waals surface area (Å²) in [6.45, 7) is 7.89. The number of aliphatic imine (C=N–C) groups is 2. The minimum atomic E-state index is -0.457. The maximum Gasteiger partial charge on any atom is 0.217 e. The number of morpholine rings is 1. The summed E-state index contributed by atoms with van der Waals surface area (Å²) in [5, 5.41) is 6.22. The van der Waals surface area contributed by atoms with Gasteiger partial charge in [-0.3, -0.25) is 9.79 Å². The molecule has 3 unspecified atom stereocenters. The number of nitrogens with one attached hydrogen (secondary N) is 2. The first-order valence-electron chi connectivity index (χ1n) is 12.0. The highest BCUT2D eigenvalue weighted by atomic mass is 35.5. The summed E-state index contributed by atoms with van der Waals surface area (Å²) in [5.41, 5.74) is 2.76. The molecular formula is C27H33ClN4O3. The number of amides is 1. The summed E-state index contributed by atoms with van der Waals surface area (Å²) >= 11 is 6.63. The van der Waals surface area contributed by atoms with E-state index in [9.17, 15) is 4.79 Å². The van der Waals surface area contributed by atoms with Crippen molar-refractivity contribution in [3.05, 3.63) is 65.2 Å². The zero-order valence-corrected chi connectivity index (χ0v) is 21.2. The monoisotopic (exact) mass is 496 g/mol. The molecular weight excluding hydrogens is 464 g/mol. The average molecular weight is 497 g/mol. The Hall–Kier alpha value is -2.74. The molecule has 1 amide bonds. The molecule has 0 bridgehead atoms. The normalized spacial score (nSPS) is 23.1. The molecule has 2 N–H and O–H groups in total. The topological polar surface area (TPSA) is 84.3 Å². The fraction of sp³-hybridized carbons (Fsp3) is 0.444. The second kappa shape index (κ2) is 11.3. The Morgan fingerprint density at radius 1 is 1.20 bits per heavy atom. The van der Waals surface area contributed by atoms with Gasteiger partial charge >= 0.3 is 0 Å². The highest BCUT2D eigenvalue weighted by molar-refractivity contribution is 6.21. The second-order valence-corrected chi connectivity index (χ2v) is 10.0. The third-order valence-electron chi connectivity index (χ3n) is 6.31. The third kappa shape index (κ3) is 6.69. The van der Waals surface area contributed by atoms with Gasteiger partial charge in [-0.25, -0.2) is 4.99 Å². The van der Waals surface area contributed by atoms with Crippen LogP contribution < -0.4 is 15.4 Å². The van der Waals surface area contributed by atoms with Crippen LogP contribution >= 0.6 is 11.6 Å². The lowest BCUT2D eigenvalue weighted by atomic mass is 9.94. The lowest BCUT2D eigenvalue weighted by Crippen LogP contribution is -2.39. The van der Waals surface area contributed by atoms with Crippen LogP contribution in [0.25, 0.3) is 0 Å². The van der Waals surface area contributed by atoms with Crippen LogP contribution in [0.4, 0.5) is 0 Å². The van der Waals surface area contributed by atoms with E-state index in [-0.39, 0.29) is 23.4 Å². The van der Waals surface area contributed by atoms with Gasteiger partial charge < -0.3 is 20.1 Å². The molecule has 8 heteroatoms. The SMILES string of the molecule is CC(=O)NC(C)(C)c1ccc(OC=NC2=NC(c3ccc(C4CNCCO4)cc3)C(Cl)CC2)cc1. The van der Waals surface area contributed by atoms with Gasteiger partial charge in [-0.15, -0.1) is 11.6 Å². The first kappa shape index (κ1) is 25.4. The van der Waals surface area contributed by atoms with Gasteiger partial charge in [-0.1, -0.05) is 36.4 Å². The quantitative estimate of drug-likeness (QED) is 0.346. The van der Waals surface area contributed by atoms with Gasteiger partial charge in [-0.2, -0.15) is 0 Å². The Morgan fingerprint density at radius 3 is 2.57 bits per heavy atom. The predicted molar refractivity (Wildman–Crippen MR) is 139 cm³/mol. The Balaban J connectivity index is 1.38. The zero-order chi connectivity index (χ0) is 24.8. The van der Waals surface area contributed by atoms with Crippen LogP contribution in [0.1, 0.15) is 62.4 Å². The maximum atomic E-state index is 11.4. The van der Waals surface area contributed by atoms with E-state index in [0.29, 0.717) is 12.2 Å². The minimum absolute atomic E-state index is 0.0697. The molecule has 0 radical (unpaired) electrons. The van der Waals surface area contributed by atoms with Crippen LogP contribution in [-0.4, -0.2) is 43.2 Å². The number of hydrogen-bond donors (Lipinski definition) is 2. The number of carbonyl (C=O) groups excluding carboxylic acids is 1. The summed E-state index contributed by atoms with van der Waals surface area (Å²) in [6.07, 6.45) is 3.01. The molecule has 0 aromatic heterocycles. The summed E-state index contributed by atoms with van der Waals surface area (Å²) in [5.74, 6) is 1.31. The standard InChI is InChI=1S/C27H33ClN4O3/c1-18(33)32-27(2,3)21-8-10-22(11-9-21)35-17-30-25-13-12-23(28)26(31-25)20-6-4-19(5-7-20)24-16-29-14-15-34-24/h4-11,17,23-24,26,29H,12-16H2,1-3H3,(H,32,33). The van der Waals surface area contributed by atoms with Crippen LogP contribution in [0, 0.1) is 0 Å². The van der Waals surface area contributed by atoms with Crippen LogP contribution in [0.3, 0.4) is 0 Å². The molecule has 7 nitrogen and oxygen atoms in total. The first-order chi connectivity index (χ1) is 16.8. The molecule has 0 spiro atoms. The smallest absolute Gasteiger partial charge is 0.217 e. The van der Waals surface area contributed by atoms with E-state index in [1.807, 2.05) is 38.1 Å². The van der Waals surface area contributed by atoms with E-state index < -0.39 is 5.54 Å². The lowest BCUT2D eigenvalue weighted by molar-refractivity contribution is -0.120. The van der Waals surface area contributed by atoms with Crippen LogP contribution in [0.2, 0.25) is 0 Å². The first-order valence-corrected chi connectivity index (χ1v) is 12.5. The van der Waals surface area contributed by atoms with Gasteiger partial charge in [0.05, 0.1) is 29.7 Å². The fourth-order valence-corrected chi connectivity index (χ4v) is 4.72. The van der Waals surface area contributed by atoms with Crippen molar-refractivity contribution in [1.29, 1.82) is 0 Å². The van der Waals surface area contributed by atoms with E-state index in [1.54, 1.807) is 0 Å². The van der Waals surface area contributed by atoms with Crippen molar-refractivity contribution in [3.63, 3.8) is 0 Å². The van der Waals surface area contributed by atoms with Crippen LogP contribution in [0.15, 0.2) is 58.5 Å². The minimum Gasteiger partial charge on any atom is -0.446 e. The van der Waals surface area contributed by atoms with Gasteiger partial charge in [0, 0.05) is 26.4 Å². The van der Waals surface area contributed by atoms with Crippen LogP contribution in [0.5, 0.6) is 5.75 Å². The number of rotatable bonds is 6. The predicted octanol–water partition coefficient (Wildman–Crippen LogP) is 4.67. The van der Waals surface area contributed by atoms with Crippen molar-refractivity contribution in [2.75, 3.05) is 19.7 Å². The lowest BCUT2D eigenvalue weighted by Gasteiger charge is -2.26. The molecule has 186 valence electrons. The van der Waals surface area contributed by atoms with Gasteiger partial charge in [-0.05, 0) is 49.1 Å². The molecule has 0 saturated carbocycles. The molecule has 2 aromatic rings.